The number of carbonyl (C=O) groups is 1. The van der Waals surface area contributed by atoms with E-state index in [0.29, 0.717) is 23.0 Å². The summed E-state index contributed by atoms with van der Waals surface area (Å²) in [7, 11) is 1.74. The van der Waals surface area contributed by atoms with E-state index in [9.17, 15) is 4.79 Å². The van der Waals surface area contributed by atoms with E-state index in [0.717, 1.165) is 0 Å². The summed E-state index contributed by atoms with van der Waals surface area (Å²) in [5, 5.41) is 7.06. The molecule has 2 rings (SSSR count). The lowest BCUT2D eigenvalue weighted by molar-refractivity contribution is 0.171. The molecule has 0 radical (unpaired) electrons. The Labute approximate surface area is 109 Å². The molecule has 8 nitrogen and oxygen atoms in total. The van der Waals surface area contributed by atoms with Crippen molar-refractivity contribution in [3.05, 3.63) is 17.6 Å². The van der Waals surface area contributed by atoms with Crippen molar-refractivity contribution in [2.24, 2.45) is 5.73 Å². The van der Waals surface area contributed by atoms with Crippen LogP contribution in [0.3, 0.4) is 0 Å². The van der Waals surface area contributed by atoms with Crippen LogP contribution in [0.25, 0.3) is 5.65 Å². The Morgan fingerprint density at radius 3 is 3.05 bits per heavy atom. The second-order valence-corrected chi connectivity index (χ2v) is 3.55. The summed E-state index contributed by atoms with van der Waals surface area (Å²) in [6.07, 6.45) is 0.714. The first-order valence-corrected chi connectivity index (χ1v) is 5.43. The molecule has 2 aromatic heterocycles. The number of nitrogens with zero attached hydrogens (tertiary/aromatic N) is 4. The van der Waals surface area contributed by atoms with Crippen LogP contribution in [0.5, 0.6) is 0 Å². The summed E-state index contributed by atoms with van der Waals surface area (Å²) in [5.41, 5.74) is 6.03. The highest BCUT2D eigenvalue weighted by molar-refractivity contribution is 5.65. The van der Waals surface area contributed by atoms with Gasteiger partial charge < -0.3 is 15.8 Å². The molecule has 0 fully saturated rings. The van der Waals surface area contributed by atoms with Crippen molar-refractivity contribution in [1.82, 2.24) is 19.6 Å². The minimum absolute atomic E-state index is 0.0738. The Kier molecular flexibility index (Phi) is 3.47. The number of rotatable bonds is 2. The number of hydrogen-bond donors (Lipinski definition) is 2. The number of amides is 1. The zero-order valence-corrected chi connectivity index (χ0v) is 10.5. The van der Waals surface area contributed by atoms with Gasteiger partial charge in [-0.2, -0.15) is 14.6 Å². The first-order valence-electron chi connectivity index (χ1n) is 5.43. The third-order valence-electron chi connectivity index (χ3n) is 2.21. The number of nitrogens with one attached hydrogen (secondary N) is 1. The molecule has 0 atom stereocenters. The largest absolute Gasteiger partial charge is 0.437 e. The zero-order valence-electron chi connectivity index (χ0n) is 10.5. The summed E-state index contributed by atoms with van der Waals surface area (Å²) in [6.45, 7) is 1.71. The number of aryl methyl sites for hydroxylation is 1. The Balaban J connectivity index is 2.34. The first kappa shape index (κ1) is 12.6. The van der Waals surface area contributed by atoms with E-state index >= 15 is 0 Å². The van der Waals surface area contributed by atoms with Crippen LogP contribution in [-0.2, 0) is 4.74 Å². The number of fused-ring (bicyclic) bond motifs is 1. The van der Waals surface area contributed by atoms with E-state index in [1.807, 2.05) is 0 Å². The first-order chi connectivity index (χ1) is 9.11. The minimum atomic E-state index is -0.857. The lowest BCUT2D eigenvalue weighted by Gasteiger charge is -2.02. The molecule has 98 valence electrons. The molecule has 3 N–H and O–H groups in total. The van der Waals surface area contributed by atoms with Gasteiger partial charge in [0.25, 0.3) is 0 Å². The van der Waals surface area contributed by atoms with Crippen molar-refractivity contribution in [3.63, 3.8) is 0 Å². The third-order valence-corrected chi connectivity index (χ3v) is 2.21. The van der Waals surface area contributed by atoms with Gasteiger partial charge in [0.15, 0.2) is 12.3 Å². The fraction of sp³-hybridized carbons (Fsp3) is 0.273. The molecule has 0 unspecified atom stereocenters. The van der Waals surface area contributed by atoms with Crippen molar-refractivity contribution < 1.29 is 9.53 Å². The lowest BCUT2D eigenvalue weighted by Crippen LogP contribution is -2.12. The van der Waals surface area contributed by atoms with Crippen molar-refractivity contribution in [2.45, 2.75) is 6.92 Å². The number of hydrogen-bond acceptors (Lipinski definition) is 6. The van der Waals surface area contributed by atoms with E-state index in [4.69, 9.17) is 5.73 Å². The Hall–Kier alpha value is -2.82. The lowest BCUT2D eigenvalue weighted by atomic mass is 10.3. The molecule has 2 heterocycles. The second-order valence-electron chi connectivity index (χ2n) is 3.55. The van der Waals surface area contributed by atoms with Gasteiger partial charge in [-0.15, -0.1) is 0 Å². The number of carbonyl (C=O) groups excluding carboxylic acids is 1. The van der Waals surface area contributed by atoms with Gasteiger partial charge in [0, 0.05) is 7.05 Å². The summed E-state index contributed by atoms with van der Waals surface area (Å²) in [6, 6.07) is 0. The maximum absolute atomic E-state index is 10.4. The van der Waals surface area contributed by atoms with Crippen LogP contribution in [0.15, 0.2) is 6.20 Å². The molecule has 0 saturated heterocycles. The van der Waals surface area contributed by atoms with Crippen LogP contribution in [0.4, 0.5) is 10.7 Å². The molecule has 0 aliphatic heterocycles. The molecule has 8 heteroatoms. The highest BCUT2D eigenvalue weighted by Gasteiger charge is 2.08. The van der Waals surface area contributed by atoms with Crippen LogP contribution in [0.1, 0.15) is 11.4 Å². The summed E-state index contributed by atoms with van der Waals surface area (Å²) in [5.74, 6) is 6.66. The smallest absolute Gasteiger partial charge is 0.405 e. The van der Waals surface area contributed by atoms with Crippen LogP contribution >= 0.6 is 0 Å². The Morgan fingerprint density at radius 2 is 2.37 bits per heavy atom. The van der Waals surface area contributed by atoms with E-state index in [-0.39, 0.29) is 6.61 Å². The molecule has 2 aromatic rings. The minimum Gasteiger partial charge on any atom is -0.437 e. The molecule has 0 aliphatic carbocycles. The van der Waals surface area contributed by atoms with E-state index < -0.39 is 6.09 Å². The predicted molar refractivity (Wildman–Crippen MR) is 67.5 cm³/mol. The molecule has 0 saturated carbocycles. The SMILES string of the molecule is CNc1nc(C)nc2c(C#CCOC(N)=O)cnn12. The molecule has 1 amide bonds. The average molecular weight is 260 g/mol. The quantitative estimate of drug-likeness (QED) is 0.731. The molecule has 0 bridgehead atoms. The molecule has 0 aliphatic rings. The zero-order chi connectivity index (χ0) is 13.8. The van der Waals surface area contributed by atoms with Gasteiger partial charge in [0.05, 0.1) is 11.8 Å². The fourth-order valence-electron chi connectivity index (χ4n) is 1.47. The molecule has 0 spiro atoms. The standard InChI is InChI=1S/C11H12N6O2/c1-7-15-9-8(4-3-5-19-10(12)18)6-14-17(9)11(13-2)16-7/h6H,5H2,1-2H3,(H2,12,18)(H,13,15,16). The number of ether oxygens (including phenoxy) is 1. The Morgan fingerprint density at radius 1 is 1.58 bits per heavy atom. The van der Waals surface area contributed by atoms with Crippen molar-refractivity contribution in [2.75, 3.05) is 19.0 Å². The monoisotopic (exact) mass is 260 g/mol. The molecule has 0 aromatic carbocycles. The summed E-state index contributed by atoms with van der Waals surface area (Å²) < 4.78 is 6.06. The van der Waals surface area contributed by atoms with Gasteiger partial charge in [-0.1, -0.05) is 11.8 Å². The summed E-state index contributed by atoms with van der Waals surface area (Å²) >= 11 is 0. The van der Waals surface area contributed by atoms with Gasteiger partial charge in [-0.25, -0.2) is 9.78 Å². The topological polar surface area (TPSA) is 107 Å². The van der Waals surface area contributed by atoms with Gasteiger partial charge in [0.1, 0.15) is 5.82 Å². The predicted octanol–water partition coefficient (Wildman–Crippen LogP) is -0.0788. The fourth-order valence-corrected chi connectivity index (χ4v) is 1.47. The molecular formula is C11H12N6O2. The van der Waals surface area contributed by atoms with Crippen LogP contribution < -0.4 is 11.1 Å². The normalized spacial score (nSPS) is 9.79. The molecular weight excluding hydrogens is 248 g/mol. The van der Waals surface area contributed by atoms with Crippen LogP contribution in [0, 0.1) is 18.8 Å². The molecule has 19 heavy (non-hydrogen) atoms. The van der Waals surface area contributed by atoms with Gasteiger partial charge >= 0.3 is 6.09 Å². The van der Waals surface area contributed by atoms with Crippen molar-refractivity contribution >= 4 is 17.7 Å². The Bertz CT molecular complexity index is 682. The average Bonchev–Trinajstić information content (AvgIpc) is 2.76. The van der Waals surface area contributed by atoms with Gasteiger partial charge in [-0.3, -0.25) is 0 Å². The number of primary amides is 1. The maximum atomic E-state index is 10.4. The van der Waals surface area contributed by atoms with Gasteiger partial charge in [0.2, 0.25) is 5.95 Å². The number of nitrogens with two attached hydrogens (primary N) is 1. The highest BCUT2D eigenvalue weighted by Crippen LogP contribution is 2.11. The highest BCUT2D eigenvalue weighted by atomic mass is 16.5. The number of aromatic nitrogens is 4. The van der Waals surface area contributed by atoms with Crippen LogP contribution in [0.2, 0.25) is 0 Å². The van der Waals surface area contributed by atoms with E-state index in [1.165, 1.54) is 0 Å². The third kappa shape index (κ3) is 2.71. The summed E-state index contributed by atoms with van der Waals surface area (Å²) in [4.78, 5) is 18.9. The second kappa shape index (κ2) is 5.22. The van der Waals surface area contributed by atoms with Gasteiger partial charge in [-0.05, 0) is 6.92 Å². The maximum Gasteiger partial charge on any atom is 0.405 e. The van der Waals surface area contributed by atoms with Crippen molar-refractivity contribution in [1.29, 1.82) is 0 Å². The van der Waals surface area contributed by atoms with Crippen molar-refractivity contribution in [3.8, 4) is 11.8 Å². The number of anilines is 1. The van der Waals surface area contributed by atoms with E-state index in [2.05, 4.69) is 37.0 Å². The van der Waals surface area contributed by atoms with Crippen LogP contribution in [-0.4, -0.2) is 39.3 Å². The van der Waals surface area contributed by atoms with E-state index in [1.54, 1.807) is 24.7 Å².